The second kappa shape index (κ2) is 8.09. The quantitative estimate of drug-likeness (QED) is 0.646. The Bertz CT molecular complexity index is 520. The lowest BCUT2D eigenvalue weighted by Gasteiger charge is -2.14. The highest BCUT2D eigenvalue weighted by Crippen LogP contribution is 2.15. The predicted octanol–water partition coefficient (Wildman–Crippen LogP) is 2.92. The summed E-state index contributed by atoms with van der Waals surface area (Å²) in [7, 11) is 1.57. The van der Waals surface area contributed by atoms with Crippen LogP contribution >= 0.6 is 0 Å². The van der Waals surface area contributed by atoms with Crippen molar-refractivity contribution in [2.45, 2.75) is 33.3 Å². The van der Waals surface area contributed by atoms with Gasteiger partial charge in [-0.25, -0.2) is 4.79 Å². The molecule has 1 rings (SSSR count). The highest BCUT2D eigenvalue weighted by Gasteiger charge is 2.18. The summed E-state index contributed by atoms with van der Waals surface area (Å²) in [5.41, 5.74) is 1.12. The van der Waals surface area contributed by atoms with Crippen LogP contribution < -0.4 is 10.1 Å². The minimum absolute atomic E-state index is 0.377. The van der Waals surface area contributed by atoms with E-state index >= 15 is 0 Å². The van der Waals surface area contributed by atoms with Crippen molar-refractivity contribution in [2.75, 3.05) is 12.4 Å². The summed E-state index contributed by atoms with van der Waals surface area (Å²) in [5, 5.41) is 2.68. The standard InChI is InChI=1S/C16H21NO4/c1-5-6-11(2)16(19)21-12(3)15(18)17-13-7-9-14(20-4)10-8-13/h6-10,12H,5H2,1-4H3,(H,17,18)/b11-6-. The van der Waals surface area contributed by atoms with Gasteiger partial charge in [0.1, 0.15) is 5.75 Å². The molecule has 0 heterocycles. The van der Waals surface area contributed by atoms with Crippen molar-refractivity contribution < 1.29 is 19.1 Å². The second-order valence-corrected chi connectivity index (χ2v) is 4.56. The van der Waals surface area contributed by atoms with Crippen LogP contribution in [-0.4, -0.2) is 25.1 Å². The van der Waals surface area contributed by atoms with Gasteiger partial charge in [0.15, 0.2) is 6.10 Å². The molecular formula is C16H21NO4. The van der Waals surface area contributed by atoms with Gasteiger partial charge in [0, 0.05) is 11.3 Å². The predicted molar refractivity (Wildman–Crippen MR) is 81.2 cm³/mol. The Kier molecular flexibility index (Phi) is 6.46. The number of carbonyl (C=O) groups is 2. The Morgan fingerprint density at radius 2 is 1.90 bits per heavy atom. The number of esters is 1. The number of methoxy groups -OCH3 is 1. The Hall–Kier alpha value is -2.30. The molecule has 0 aliphatic carbocycles. The maximum atomic E-state index is 11.9. The first-order valence-corrected chi connectivity index (χ1v) is 6.80. The van der Waals surface area contributed by atoms with Crippen LogP contribution in [0, 0.1) is 0 Å². The number of amides is 1. The largest absolute Gasteiger partial charge is 0.497 e. The number of ether oxygens (including phenoxy) is 2. The zero-order chi connectivity index (χ0) is 15.8. The van der Waals surface area contributed by atoms with Crippen molar-refractivity contribution in [3.8, 4) is 5.75 Å². The van der Waals surface area contributed by atoms with Crippen LogP contribution in [0.1, 0.15) is 27.2 Å². The summed E-state index contributed by atoms with van der Waals surface area (Å²) in [6.45, 7) is 5.13. The molecule has 21 heavy (non-hydrogen) atoms. The molecule has 1 atom stereocenters. The van der Waals surface area contributed by atoms with Gasteiger partial charge in [0.25, 0.3) is 5.91 Å². The fraction of sp³-hybridized carbons (Fsp3) is 0.375. The van der Waals surface area contributed by atoms with E-state index in [1.807, 2.05) is 6.92 Å². The maximum absolute atomic E-state index is 11.9. The SMILES string of the molecule is CC/C=C(/C)C(=O)OC(C)C(=O)Nc1ccc(OC)cc1. The first kappa shape index (κ1) is 16.8. The van der Waals surface area contributed by atoms with Gasteiger partial charge in [0.05, 0.1) is 7.11 Å². The van der Waals surface area contributed by atoms with Gasteiger partial charge in [-0.3, -0.25) is 4.79 Å². The number of benzene rings is 1. The van der Waals surface area contributed by atoms with Crippen molar-refractivity contribution in [1.29, 1.82) is 0 Å². The summed E-state index contributed by atoms with van der Waals surface area (Å²) in [6.07, 6.45) is 1.64. The van der Waals surface area contributed by atoms with Crippen molar-refractivity contribution in [1.82, 2.24) is 0 Å². The van der Waals surface area contributed by atoms with E-state index in [-0.39, 0.29) is 5.91 Å². The lowest BCUT2D eigenvalue weighted by Crippen LogP contribution is -2.30. The first-order chi connectivity index (χ1) is 9.97. The molecule has 0 bridgehead atoms. The van der Waals surface area contributed by atoms with Gasteiger partial charge in [-0.1, -0.05) is 13.0 Å². The van der Waals surface area contributed by atoms with E-state index in [0.29, 0.717) is 17.0 Å². The molecule has 0 spiro atoms. The molecule has 5 heteroatoms. The summed E-state index contributed by atoms with van der Waals surface area (Å²) in [6, 6.07) is 6.90. The summed E-state index contributed by atoms with van der Waals surface area (Å²) in [4.78, 5) is 23.6. The molecule has 0 aliphatic rings. The number of rotatable bonds is 6. The van der Waals surface area contributed by atoms with E-state index < -0.39 is 12.1 Å². The van der Waals surface area contributed by atoms with Crippen LogP contribution in [-0.2, 0) is 14.3 Å². The number of nitrogens with one attached hydrogen (secondary N) is 1. The molecule has 1 amide bonds. The highest BCUT2D eigenvalue weighted by atomic mass is 16.5. The summed E-state index contributed by atoms with van der Waals surface area (Å²) in [5.74, 6) is -0.153. The minimum Gasteiger partial charge on any atom is -0.497 e. The van der Waals surface area contributed by atoms with Gasteiger partial charge >= 0.3 is 5.97 Å². The molecule has 114 valence electrons. The fourth-order valence-corrected chi connectivity index (χ4v) is 1.61. The Balaban J connectivity index is 2.58. The van der Waals surface area contributed by atoms with Gasteiger partial charge in [0.2, 0.25) is 0 Å². The zero-order valence-corrected chi connectivity index (χ0v) is 12.8. The van der Waals surface area contributed by atoms with E-state index in [4.69, 9.17) is 9.47 Å². The molecule has 1 unspecified atom stereocenters. The van der Waals surface area contributed by atoms with Crippen LogP contribution in [0.2, 0.25) is 0 Å². The van der Waals surface area contributed by atoms with E-state index in [2.05, 4.69) is 5.32 Å². The maximum Gasteiger partial charge on any atom is 0.334 e. The molecule has 0 saturated carbocycles. The highest BCUT2D eigenvalue weighted by molar-refractivity contribution is 5.96. The molecule has 0 aromatic heterocycles. The molecule has 1 aromatic carbocycles. The third kappa shape index (κ3) is 5.30. The average molecular weight is 291 g/mol. The smallest absolute Gasteiger partial charge is 0.334 e. The number of allylic oxidation sites excluding steroid dienone is 1. The van der Waals surface area contributed by atoms with Crippen molar-refractivity contribution in [3.05, 3.63) is 35.9 Å². The zero-order valence-electron chi connectivity index (χ0n) is 12.8. The molecule has 1 aromatic rings. The second-order valence-electron chi connectivity index (χ2n) is 4.56. The topological polar surface area (TPSA) is 64.6 Å². The van der Waals surface area contributed by atoms with E-state index in [1.165, 1.54) is 6.92 Å². The Morgan fingerprint density at radius 3 is 2.43 bits per heavy atom. The molecular weight excluding hydrogens is 270 g/mol. The Labute approximate surface area is 124 Å². The minimum atomic E-state index is -0.861. The normalized spacial score (nSPS) is 12.5. The summed E-state index contributed by atoms with van der Waals surface area (Å²) >= 11 is 0. The lowest BCUT2D eigenvalue weighted by molar-refractivity contribution is -0.149. The fourth-order valence-electron chi connectivity index (χ4n) is 1.61. The molecule has 1 N–H and O–H groups in total. The third-order valence-electron chi connectivity index (χ3n) is 2.84. The van der Waals surface area contributed by atoms with Crippen LogP contribution in [0.4, 0.5) is 5.69 Å². The summed E-state index contributed by atoms with van der Waals surface area (Å²) < 4.78 is 10.1. The molecule has 0 aliphatic heterocycles. The lowest BCUT2D eigenvalue weighted by atomic mass is 10.2. The number of carbonyl (C=O) groups excluding carboxylic acids is 2. The van der Waals surface area contributed by atoms with E-state index in [1.54, 1.807) is 44.4 Å². The number of hydrogen-bond acceptors (Lipinski definition) is 4. The first-order valence-electron chi connectivity index (χ1n) is 6.80. The molecule has 0 saturated heterocycles. The van der Waals surface area contributed by atoms with Gasteiger partial charge in [-0.2, -0.15) is 0 Å². The van der Waals surface area contributed by atoms with Crippen molar-refractivity contribution >= 4 is 17.6 Å². The van der Waals surface area contributed by atoms with E-state index in [0.717, 1.165) is 6.42 Å². The molecule has 0 fully saturated rings. The average Bonchev–Trinajstić information content (AvgIpc) is 2.48. The Morgan fingerprint density at radius 1 is 1.29 bits per heavy atom. The van der Waals surface area contributed by atoms with Gasteiger partial charge < -0.3 is 14.8 Å². The monoisotopic (exact) mass is 291 g/mol. The third-order valence-corrected chi connectivity index (χ3v) is 2.84. The molecule has 5 nitrogen and oxygen atoms in total. The van der Waals surface area contributed by atoms with E-state index in [9.17, 15) is 9.59 Å². The van der Waals surface area contributed by atoms with Crippen molar-refractivity contribution in [2.24, 2.45) is 0 Å². The number of hydrogen-bond donors (Lipinski definition) is 1. The number of anilines is 1. The van der Waals surface area contributed by atoms with Crippen LogP contribution in [0.25, 0.3) is 0 Å². The van der Waals surface area contributed by atoms with Gasteiger partial charge in [-0.15, -0.1) is 0 Å². The van der Waals surface area contributed by atoms with Crippen LogP contribution in [0.3, 0.4) is 0 Å². The van der Waals surface area contributed by atoms with Crippen LogP contribution in [0.15, 0.2) is 35.9 Å². The van der Waals surface area contributed by atoms with Crippen LogP contribution in [0.5, 0.6) is 5.75 Å². The van der Waals surface area contributed by atoms with Gasteiger partial charge in [-0.05, 0) is 44.5 Å². The molecule has 0 radical (unpaired) electrons. The van der Waals surface area contributed by atoms with Crippen molar-refractivity contribution in [3.63, 3.8) is 0 Å².